The predicted octanol–water partition coefficient (Wildman–Crippen LogP) is 1.32. The molecule has 0 aliphatic carbocycles. The maximum absolute atomic E-state index is 11.9. The van der Waals surface area contributed by atoms with E-state index in [1.54, 1.807) is 31.2 Å². The summed E-state index contributed by atoms with van der Waals surface area (Å²) in [6.45, 7) is 3.16. The smallest absolute Gasteiger partial charge is 0.361 e. The molecule has 2 N–H and O–H groups in total. The quantitative estimate of drug-likeness (QED) is 0.670. The number of hydrogen-bond acceptors (Lipinski definition) is 7. The molecule has 1 unspecified atom stereocenters. The van der Waals surface area contributed by atoms with Crippen LogP contribution in [0.1, 0.15) is 30.3 Å². The van der Waals surface area contributed by atoms with Gasteiger partial charge in [0.25, 0.3) is 5.91 Å². The average Bonchev–Trinajstić information content (AvgIpc) is 3.37. The van der Waals surface area contributed by atoms with Crippen LogP contribution >= 0.6 is 0 Å². The normalized spacial score (nSPS) is 16.1. The minimum atomic E-state index is -0.538. The highest BCUT2D eigenvalue weighted by Crippen LogP contribution is 2.23. The van der Waals surface area contributed by atoms with E-state index in [-0.39, 0.29) is 30.9 Å². The van der Waals surface area contributed by atoms with Crippen LogP contribution in [0.15, 0.2) is 24.3 Å². The zero-order valence-corrected chi connectivity index (χ0v) is 15.1. The van der Waals surface area contributed by atoms with Crippen molar-refractivity contribution >= 4 is 11.9 Å². The summed E-state index contributed by atoms with van der Waals surface area (Å²) >= 11 is 0. The van der Waals surface area contributed by atoms with Crippen molar-refractivity contribution in [2.45, 2.75) is 25.9 Å². The molecule has 1 aliphatic rings. The van der Waals surface area contributed by atoms with E-state index in [1.807, 2.05) is 0 Å². The highest BCUT2D eigenvalue weighted by molar-refractivity contribution is 5.93. The van der Waals surface area contributed by atoms with Crippen LogP contribution in [0.25, 0.3) is 11.3 Å². The van der Waals surface area contributed by atoms with Crippen LogP contribution in [0, 0.1) is 0 Å². The van der Waals surface area contributed by atoms with E-state index in [4.69, 9.17) is 14.2 Å². The molecule has 1 amide bonds. The molecule has 1 fully saturated rings. The third-order valence-corrected chi connectivity index (χ3v) is 4.07. The standard InChI is InChI=1S/C18H22N4O5/c1-2-25-18(24)17-16(20-22-21-17)12-5-7-13(8-6-12)27-11-15(23)19-10-14-4-3-9-26-14/h5-8,14H,2-4,9-11H2,1H3,(H,19,23)(H,20,21,22). The molecule has 1 aromatic heterocycles. The van der Waals surface area contributed by atoms with Gasteiger partial charge in [0, 0.05) is 18.7 Å². The second kappa shape index (κ2) is 9.13. The Morgan fingerprint density at radius 1 is 1.30 bits per heavy atom. The van der Waals surface area contributed by atoms with Gasteiger partial charge in [0.15, 0.2) is 12.3 Å². The fourth-order valence-electron chi connectivity index (χ4n) is 2.72. The first-order valence-corrected chi connectivity index (χ1v) is 8.86. The van der Waals surface area contributed by atoms with Crippen molar-refractivity contribution in [1.29, 1.82) is 0 Å². The Labute approximate surface area is 156 Å². The lowest BCUT2D eigenvalue weighted by molar-refractivity contribution is -0.123. The summed E-state index contributed by atoms with van der Waals surface area (Å²) in [5.74, 6) is -0.202. The van der Waals surface area contributed by atoms with E-state index in [0.717, 1.165) is 19.4 Å². The minimum Gasteiger partial charge on any atom is -0.484 e. The fourth-order valence-corrected chi connectivity index (χ4v) is 2.72. The SMILES string of the molecule is CCOC(=O)c1n[nH]nc1-c1ccc(OCC(=O)NCC2CCCO2)cc1. The number of ether oxygens (including phenoxy) is 3. The molecule has 2 heterocycles. The zero-order valence-electron chi connectivity index (χ0n) is 15.1. The number of aromatic amines is 1. The molecule has 27 heavy (non-hydrogen) atoms. The number of aromatic nitrogens is 3. The number of carbonyl (C=O) groups excluding carboxylic acids is 2. The third kappa shape index (κ3) is 5.04. The maximum Gasteiger partial charge on any atom is 0.361 e. The van der Waals surface area contributed by atoms with E-state index < -0.39 is 5.97 Å². The van der Waals surface area contributed by atoms with Gasteiger partial charge in [-0.3, -0.25) is 4.79 Å². The number of esters is 1. The van der Waals surface area contributed by atoms with E-state index in [1.165, 1.54) is 0 Å². The molecule has 0 saturated carbocycles. The third-order valence-electron chi connectivity index (χ3n) is 4.07. The Hall–Kier alpha value is -2.94. The van der Waals surface area contributed by atoms with Crippen molar-refractivity contribution in [1.82, 2.24) is 20.7 Å². The van der Waals surface area contributed by atoms with E-state index in [0.29, 0.717) is 23.6 Å². The lowest BCUT2D eigenvalue weighted by Gasteiger charge is -2.11. The number of amides is 1. The summed E-state index contributed by atoms with van der Waals surface area (Å²) < 4.78 is 15.9. The van der Waals surface area contributed by atoms with Gasteiger partial charge in [-0.15, -0.1) is 5.10 Å². The second-order valence-corrected chi connectivity index (χ2v) is 5.99. The van der Waals surface area contributed by atoms with Crippen LogP contribution in [0.2, 0.25) is 0 Å². The van der Waals surface area contributed by atoms with E-state index >= 15 is 0 Å². The molecular weight excluding hydrogens is 352 g/mol. The summed E-state index contributed by atoms with van der Waals surface area (Å²) in [6, 6.07) is 6.87. The maximum atomic E-state index is 11.9. The van der Waals surface area contributed by atoms with E-state index in [2.05, 4.69) is 20.7 Å². The van der Waals surface area contributed by atoms with Gasteiger partial charge < -0.3 is 19.5 Å². The molecule has 0 spiro atoms. The lowest BCUT2D eigenvalue weighted by Crippen LogP contribution is -2.35. The van der Waals surface area contributed by atoms with Gasteiger partial charge in [0.2, 0.25) is 0 Å². The Bertz CT molecular complexity index is 768. The van der Waals surface area contributed by atoms with Gasteiger partial charge in [0.05, 0.1) is 12.7 Å². The number of rotatable bonds is 8. The largest absolute Gasteiger partial charge is 0.484 e. The molecule has 2 aromatic rings. The second-order valence-electron chi connectivity index (χ2n) is 5.99. The lowest BCUT2D eigenvalue weighted by atomic mass is 10.1. The molecule has 144 valence electrons. The summed E-state index contributed by atoms with van der Waals surface area (Å²) in [5.41, 5.74) is 1.20. The first kappa shape index (κ1) is 18.8. The number of nitrogens with zero attached hydrogens (tertiary/aromatic N) is 2. The van der Waals surface area contributed by atoms with Gasteiger partial charge in [0.1, 0.15) is 11.4 Å². The molecule has 9 nitrogen and oxygen atoms in total. The molecule has 0 bridgehead atoms. The molecule has 0 radical (unpaired) electrons. The van der Waals surface area contributed by atoms with Crippen LogP contribution in [-0.4, -0.2) is 59.8 Å². The number of hydrogen-bond donors (Lipinski definition) is 2. The first-order valence-electron chi connectivity index (χ1n) is 8.86. The van der Waals surface area contributed by atoms with Gasteiger partial charge in [-0.25, -0.2) is 4.79 Å². The van der Waals surface area contributed by atoms with Crippen molar-refractivity contribution in [2.24, 2.45) is 0 Å². The molecule has 9 heteroatoms. The fraction of sp³-hybridized carbons (Fsp3) is 0.444. The van der Waals surface area contributed by atoms with Crippen LogP contribution in [0.4, 0.5) is 0 Å². The van der Waals surface area contributed by atoms with Gasteiger partial charge in [-0.1, -0.05) is 0 Å². The minimum absolute atomic E-state index is 0.0793. The summed E-state index contributed by atoms with van der Waals surface area (Å²) in [6.07, 6.45) is 2.11. The Morgan fingerprint density at radius 2 is 2.11 bits per heavy atom. The van der Waals surface area contributed by atoms with Crippen LogP contribution in [0.3, 0.4) is 0 Å². The monoisotopic (exact) mass is 374 g/mol. The van der Waals surface area contributed by atoms with Crippen molar-refractivity contribution in [2.75, 3.05) is 26.4 Å². The topological polar surface area (TPSA) is 115 Å². The zero-order chi connectivity index (χ0) is 19.1. The van der Waals surface area contributed by atoms with Crippen molar-refractivity contribution < 1.29 is 23.8 Å². The Morgan fingerprint density at radius 3 is 2.81 bits per heavy atom. The Balaban J connectivity index is 1.52. The predicted molar refractivity (Wildman–Crippen MR) is 95.3 cm³/mol. The van der Waals surface area contributed by atoms with Crippen LogP contribution < -0.4 is 10.1 Å². The number of benzene rings is 1. The molecule has 3 rings (SSSR count). The van der Waals surface area contributed by atoms with Crippen molar-refractivity contribution in [3.63, 3.8) is 0 Å². The van der Waals surface area contributed by atoms with Crippen LogP contribution in [-0.2, 0) is 14.3 Å². The summed E-state index contributed by atoms with van der Waals surface area (Å²) in [7, 11) is 0. The Kier molecular flexibility index (Phi) is 6.37. The molecule has 1 aromatic carbocycles. The van der Waals surface area contributed by atoms with Crippen LogP contribution in [0.5, 0.6) is 5.75 Å². The highest BCUT2D eigenvalue weighted by atomic mass is 16.5. The van der Waals surface area contributed by atoms with E-state index in [9.17, 15) is 9.59 Å². The summed E-state index contributed by atoms with van der Waals surface area (Å²) in [4.78, 5) is 23.7. The highest BCUT2D eigenvalue weighted by Gasteiger charge is 2.19. The first-order chi connectivity index (χ1) is 13.2. The number of carbonyl (C=O) groups is 2. The number of H-pyrrole nitrogens is 1. The summed E-state index contributed by atoms with van der Waals surface area (Å²) in [5, 5.41) is 13.1. The molecule has 1 aliphatic heterocycles. The van der Waals surface area contributed by atoms with Gasteiger partial charge in [-0.05, 0) is 44.0 Å². The van der Waals surface area contributed by atoms with Crippen molar-refractivity contribution in [3.8, 4) is 17.0 Å². The molecule has 1 atom stereocenters. The average molecular weight is 374 g/mol. The van der Waals surface area contributed by atoms with Crippen molar-refractivity contribution in [3.05, 3.63) is 30.0 Å². The van der Waals surface area contributed by atoms with Gasteiger partial charge in [-0.2, -0.15) is 10.3 Å². The molecule has 1 saturated heterocycles. The number of nitrogens with one attached hydrogen (secondary N) is 2. The van der Waals surface area contributed by atoms with Gasteiger partial charge >= 0.3 is 5.97 Å². The molecular formula is C18H22N4O5.